The topological polar surface area (TPSA) is 43.6 Å². The molecule has 0 aliphatic heterocycles. The van der Waals surface area contributed by atoms with Crippen molar-refractivity contribution in [3.05, 3.63) is 18.3 Å². The number of aryl methyl sites for hydroxylation is 1. The molecule has 2 rings (SSSR count). The van der Waals surface area contributed by atoms with E-state index in [4.69, 9.17) is 0 Å². The Morgan fingerprint density at radius 1 is 1.33 bits per heavy atom. The minimum absolute atomic E-state index is 0.699. The third kappa shape index (κ3) is 1.42. The van der Waals surface area contributed by atoms with Gasteiger partial charge in [-0.25, -0.2) is 9.67 Å². The largest absolute Gasteiger partial charge is 0.246 e. The van der Waals surface area contributed by atoms with Crippen molar-refractivity contribution >= 4 is 11.2 Å². The number of hydrogen-bond donors (Lipinski definition) is 0. The molecule has 2 aromatic heterocycles. The Morgan fingerprint density at radius 2 is 2.08 bits per heavy atom. The summed E-state index contributed by atoms with van der Waals surface area (Å²) < 4.78 is 1.70. The highest BCUT2D eigenvalue weighted by molar-refractivity contribution is 5.68. The first-order valence-electron chi connectivity index (χ1n) is 3.98. The van der Waals surface area contributed by atoms with Crippen molar-refractivity contribution in [1.82, 2.24) is 20.0 Å². The highest BCUT2D eigenvalue weighted by atomic mass is 15.4. The fourth-order valence-corrected chi connectivity index (χ4v) is 0.876. The van der Waals surface area contributed by atoms with Crippen molar-refractivity contribution in [2.45, 2.75) is 13.8 Å². The maximum absolute atomic E-state index is 4.01. The van der Waals surface area contributed by atoms with Gasteiger partial charge in [0.1, 0.15) is 5.52 Å². The van der Waals surface area contributed by atoms with Crippen molar-refractivity contribution < 1.29 is 0 Å². The van der Waals surface area contributed by atoms with E-state index in [2.05, 4.69) is 15.3 Å². The molecule has 0 spiro atoms. The molecule has 0 aromatic carbocycles. The summed E-state index contributed by atoms with van der Waals surface area (Å²) in [6, 6.07) is 3.80. The molecule has 0 N–H and O–H groups in total. The summed E-state index contributed by atoms with van der Waals surface area (Å²) in [6.07, 6.45) is 1.71. The molecular weight excluding hydrogens is 152 g/mol. The first kappa shape index (κ1) is 8.64. The quantitative estimate of drug-likeness (QED) is 0.591. The number of rotatable bonds is 0. The van der Waals surface area contributed by atoms with Crippen LogP contribution in [0.2, 0.25) is 0 Å². The average molecular weight is 164 g/mol. The Labute approximate surface area is 71.2 Å². The first-order chi connectivity index (χ1) is 5.88. The van der Waals surface area contributed by atoms with Crippen LogP contribution in [-0.4, -0.2) is 20.0 Å². The normalized spacial score (nSPS) is 9.25. The van der Waals surface area contributed by atoms with Gasteiger partial charge in [-0.3, -0.25) is 0 Å². The lowest BCUT2D eigenvalue weighted by atomic mass is 10.4. The van der Waals surface area contributed by atoms with Crippen LogP contribution in [0.3, 0.4) is 0 Å². The van der Waals surface area contributed by atoms with Crippen molar-refractivity contribution in [2.24, 2.45) is 7.05 Å². The molecule has 2 aromatic rings. The van der Waals surface area contributed by atoms with E-state index in [-0.39, 0.29) is 0 Å². The van der Waals surface area contributed by atoms with Gasteiger partial charge in [0, 0.05) is 13.2 Å². The molecule has 4 heteroatoms. The molecular formula is C8H12N4. The van der Waals surface area contributed by atoms with Crippen molar-refractivity contribution in [3.63, 3.8) is 0 Å². The van der Waals surface area contributed by atoms with Gasteiger partial charge in [0.2, 0.25) is 5.65 Å². The minimum atomic E-state index is 0.699. The molecule has 0 atom stereocenters. The standard InChI is InChI=1S/C6H6N4.C2H6/c1-10-5-3-2-4-7-6(5)8-9-10;1-2/h2-4H,1H3;1-2H3. The first-order valence-corrected chi connectivity index (χ1v) is 3.98. The van der Waals surface area contributed by atoms with Gasteiger partial charge in [-0.2, -0.15) is 0 Å². The van der Waals surface area contributed by atoms with E-state index in [0.717, 1.165) is 5.52 Å². The van der Waals surface area contributed by atoms with Gasteiger partial charge in [-0.15, -0.1) is 5.10 Å². The maximum atomic E-state index is 4.01. The lowest BCUT2D eigenvalue weighted by Gasteiger charge is -1.86. The highest BCUT2D eigenvalue weighted by Crippen LogP contribution is 2.03. The van der Waals surface area contributed by atoms with Gasteiger partial charge in [-0.1, -0.05) is 19.1 Å². The summed E-state index contributed by atoms with van der Waals surface area (Å²) in [5, 5.41) is 7.62. The lowest BCUT2D eigenvalue weighted by Crippen LogP contribution is -1.88. The fraction of sp³-hybridized carbons (Fsp3) is 0.375. The van der Waals surface area contributed by atoms with E-state index < -0.39 is 0 Å². The van der Waals surface area contributed by atoms with Gasteiger partial charge in [0.15, 0.2) is 0 Å². The summed E-state index contributed by atoms with van der Waals surface area (Å²) >= 11 is 0. The molecule has 12 heavy (non-hydrogen) atoms. The molecule has 4 nitrogen and oxygen atoms in total. The zero-order valence-corrected chi connectivity index (χ0v) is 7.52. The van der Waals surface area contributed by atoms with E-state index in [1.807, 2.05) is 33.0 Å². The molecule has 2 heterocycles. The second-order valence-electron chi connectivity index (χ2n) is 2.06. The molecule has 0 radical (unpaired) electrons. The van der Waals surface area contributed by atoms with E-state index in [9.17, 15) is 0 Å². The second-order valence-corrected chi connectivity index (χ2v) is 2.06. The summed E-state index contributed by atoms with van der Waals surface area (Å²) in [7, 11) is 1.84. The summed E-state index contributed by atoms with van der Waals surface area (Å²) in [5.41, 5.74) is 1.66. The van der Waals surface area contributed by atoms with Crippen LogP contribution in [0, 0.1) is 0 Å². The Bertz CT molecular complexity index is 353. The highest BCUT2D eigenvalue weighted by Gasteiger charge is 1.97. The number of fused-ring (bicyclic) bond motifs is 1. The third-order valence-corrected chi connectivity index (χ3v) is 1.39. The van der Waals surface area contributed by atoms with Crippen LogP contribution in [0.15, 0.2) is 18.3 Å². The van der Waals surface area contributed by atoms with Gasteiger partial charge in [0.05, 0.1) is 0 Å². The Balaban J connectivity index is 0.000000336. The van der Waals surface area contributed by atoms with Gasteiger partial charge < -0.3 is 0 Å². The van der Waals surface area contributed by atoms with Gasteiger partial charge in [0.25, 0.3) is 0 Å². The smallest absolute Gasteiger partial charge is 0.201 e. The lowest BCUT2D eigenvalue weighted by molar-refractivity contribution is 0.736. The van der Waals surface area contributed by atoms with Gasteiger partial charge in [-0.05, 0) is 12.1 Å². The molecule has 0 unspecified atom stereocenters. The Kier molecular flexibility index (Phi) is 2.74. The van der Waals surface area contributed by atoms with Crippen LogP contribution >= 0.6 is 0 Å². The fourth-order valence-electron chi connectivity index (χ4n) is 0.876. The van der Waals surface area contributed by atoms with Crippen molar-refractivity contribution in [1.29, 1.82) is 0 Å². The molecule has 0 amide bonds. The number of aromatic nitrogens is 4. The summed E-state index contributed by atoms with van der Waals surface area (Å²) in [4.78, 5) is 4.01. The average Bonchev–Trinajstić information content (AvgIpc) is 2.53. The Hall–Kier alpha value is -1.45. The van der Waals surface area contributed by atoms with Crippen LogP contribution < -0.4 is 0 Å². The predicted octanol–water partition coefficient (Wildman–Crippen LogP) is 1.39. The zero-order chi connectivity index (χ0) is 8.97. The van der Waals surface area contributed by atoms with E-state index >= 15 is 0 Å². The van der Waals surface area contributed by atoms with Crippen LogP contribution in [0.5, 0.6) is 0 Å². The molecule has 0 bridgehead atoms. The second kappa shape index (κ2) is 3.80. The summed E-state index contributed by atoms with van der Waals surface area (Å²) in [6.45, 7) is 4.00. The van der Waals surface area contributed by atoms with Crippen LogP contribution in [-0.2, 0) is 7.05 Å². The van der Waals surface area contributed by atoms with Crippen molar-refractivity contribution in [3.8, 4) is 0 Å². The molecule has 0 saturated carbocycles. The number of pyridine rings is 1. The maximum Gasteiger partial charge on any atom is 0.201 e. The molecule has 0 aliphatic carbocycles. The predicted molar refractivity (Wildman–Crippen MR) is 47.7 cm³/mol. The summed E-state index contributed by atoms with van der Waals surface area (Å²) in [5.74, 6) is 0. The van der Waals surface area contributed by atoms with Crippen LogP contribution in [0.1, 0.15) is 13.8 Å². The molecule has 0 fully saturated rings. The molecule has 64 valence electrons. The number of nitrogens with zero attached hydrogens (tertiary/aromatic N) is 4. The minimum Gasteiger partial charge on any atom is -0.246 e. The van der Waals surface area contributed by atoms with Gasteiger partial charge >= 0.3 is 0 Å². The Morgan fingerprint density at radius 3 is 2.75 bits per heavy atom. The SMILES string of the molecule is CC.Cn1nnc2ncccc21. The van der Waals surface area contributed by atoms with E-state index in [1.54, 1.807) is 10.9 Å². The number of hydrogen-bond acceptors (Lipinski definition) is 3. The molecule has 0 saturated heterocycles. The molecule has 0 aliphatic rings. The van der Waals surface area contributed by atoms with Crippen LogP contribution in [0.25, 0.3) is 11.2 Å². The third-order valence-electron chi connectivity index (χ3n) is 1.39. The monoisotopic (exact) mass is 164 g/mol. The van der Waals surface area contributed by atoms with E-state index in [0.29, 0.717) is 5.65 Å². The van der Waals surface area contributed by atoms with Crippen molar-refractivity contribution in [2.75, 3.05) is 0 Å². The zero-order valence-electron chi connectivity index (χ0n) is 7.52. The van der Waals surface area contributed by atoms with Crippen LogP contribution in [0.4, 0.5) is 0 Å². The van der Waals surface area contributed by atoms with E-state index in [1.165, 1.54) is 0 Å².